The number of nitrogens with zero attached hydrogens (tertiary/aromatic N) is 2. The first-order valence-corrected chi connectivity index (χ1v) is 19.5. The van der Waals surface area contributed by atoms with Crippen molar-refractivity contribution < 1.29 is 43.2 Å². The Morgan fingerprint density at radius 1 is 0.738 bits per heavy atom. The van der Waals surface area contributed by atoms with Crippen molar-refractivity contribution >= 4 is 17.8 Å². The quantitative estimate of drug-likeness (QED) is 0.0923. The molecule has 0 radical (unpaired) electrons. The summed E-state index contributed by atoms with van der Waals surface area (Å²) in [4.78, 5) is 69.9. The molecule has 2 amide bonds. The lowest BCUT2D eigenvalue weighted by atomic mass is 9.79. The lowest BCUT2D eigenvalue weighted by molar-refractivity contribution is -0.240. The highest BCUT2D eigenvalue weighted by molar-refractivity contribution is 6.21. The van der Waals surface area contributed by atoms with Crippen LogP contribution in [0, 0.1) is 0 Å². The second kappa shape index (κ2) is 17.2. The van der Waals surface area contributed by atoms with Gasteiger partial charge in [-0.25, -0.2) is 9.59 Å². The monoisotopic (exact) mass is 823 g/mol. The number of aliphatic hydroxyl groups is 1. The van der Waals surface area contributed by atoms with Crippen LogP contribution in [0.15, 0.2) is 149 Å². The Bertz CT molecular complexity index is 2580. The average Bonchev–Trinajstić information content (AvgIpc) is 3.54. The van der Waals surface area contributed by atoms with Gasteiger partial charge < -0.3 is 28.8 Å². The number of imide groups is 1. The topological polar surface area (TPSA) is 176 Å². The number of amides is 2. The minimum absolute atomic E-state index is 0.0327. The number of ether oxygens (including phenoxy) is 5. The molecule has 2 N–H and O–H groups in total. The summed E-state index contributed by atoms with van der Waals surface area (Å²) in [6.07, 6.45) is -4.80. The maximum atomic E-state index is 13.8. The average molecular weight is 824 g/mol. The predicted octanol–water partition coefficient (Wildman–Crippen LogP) is 4.89. The van der Waals surface area contributed by atoms with E-state index in [1.165, 1.54) is 6.20 Å². The molecule has 1 fully saturated rings. The van der Waals surface area contributed by atoms with Gasteiger partial charge >= 0.3 is 11.7 Å². The number of rotatable bonds is 13. The van der Waals surface area contributed by atoms with Gasteiger partial charge in [-0.2, -0.15) is 0 Å². The van der Waals surface area contributed by atoms with Gasteiger partial charge in [0, 0.05) is 18.3 Å². The van der Waals surface area contributed by atoms with Crippen LogP contribution in [0.4, 0.5) is 0 Å². The number of fused-ring (bicyclic) bond motifs is 1. The smallest absolute Gasteiger partial charge is 0.338 e. The summed E-state index contributed by atoms with van der Waals surface area (Å²) in [6, 6.07) is 38.6. The van der Waals surface area contributed by atoms with Gasteiger partial charge in [0.15, 0.2) is 12.3 Å². The Kier molecular flexibility index (Phi) is 11.5. The molecule has 3 heterocycles. The number of aliphatic hydroxyl groups excluding tert-OH is 1. The number of nitrogens with one attached hydrogen (secondary N) is 1. The fourth-order valence-corrected chi connectivity index (χ4v) is 7.85. The number of hydrogen-bond acceptors (Lipinski definition) is 11. The molecule has 14 heteroatoms. The molecule has 4 atom stereocenters. The van der Waals surface area contributed by atoms with E-state index >= 15 is 0 Å². The van der Waals surface area contributed by atoms with Crippen LogP contribution in [0.5, 0.6) is 11.5 Å². The molecule has 0 bridgehead atoms. The Morgan fingerprint density at radius 2 is 1.26 bits per heavy atom. The molecule has 1 saturated heterocycles. The van der Waals surface area contributed by atoms with Crippen molar-refractivity contribution in [3.63, 3.8) is 0 Å². The van der Waals surface area contributed by atoms with Gasteiger partial charge in [-0.1, -0.05) is 84.9 Å². The number of esters is 1. The first-order chi connectivity index (χ1) is 29.6. The van der Waals surface area contributed by atoms with E-state index in [0.717, 1.165) is 9.47 Å². The number of carbonyl (C=O) groups is 3. The number of aromatic amines is 1. The van der Waals surface area contributed by atoms with E-state index in [9.17, 15) is 29.1 Å². The highest BCUT2D eigenvalue weighted by Crippen LogP contribution is 2.44. The summed E-state index contributed by atoms with van der Waals surface area (Å²) in [5, 5.41) is 12.3. The highest BCUT2D eigenvalue weighted by Gasteiger charge is 2.49. The predicted molar refractivity (Wildman–Crippen MR) is 221 cm³/mol. The number of benzene rings is 5. The van der Waals surface area contributed by atoms with Crippen LogP contribution < -0.4 is 20.7 Å². The fourth-order valence-electron chi connectivity index (χ4n) is 7.85. The van der Waals surface area contributed by atoms with Crippen molar-refractivity contribution in [1.82, 2.24) is 14.5 Å². The Labute approximate surface area is 349 Å². The lowest BCUT2D eigenvalue weighted by Crippen LogP contribution is -2.57. The second-order valence-electron chi connectivity index (χ2n) is 14.5. The molecule has 0 spiro atoms. The molecule has 14 nitrogen and oxygen atoms in total. The summed E-state index contributed by atoms with van der Waals surface area (Å²) < 4.78 is 31.6. The molecule has 0 saturated carbocycles. The van der Waals surface area contributed by atoms with Gasteiger partial charge in [-0.05, 0) is 71.6 Å². The molecular weight excluding hydrogens is 783 g/mol. The number of carbonyl (C=O) groups excluding carboxylic acids is 3. The molecule has 1 aromatic heterocycles. The summed E-state index contributed by atoms with van der Waals surface area (Å²) in [5.41, 5.74) is -0.328. The molecule has 1 unspecified atom stereocenters. The third-order valence-electron chi connectivity index (χ3n) is 11.0. The normalized spacial score (nSPS) is 18.7. The highest BCUT2D eigenvalue weighted by atomic mass is 16.6. The van der Waals surface area contributed by atoms with Gasteiger partial charge in [-0.15, -0.1) is 0 Å². The minimum atomic E-state index is -1.75. The zero-order chi connectivity index (χ0) is 42.7. The maximum absolute atomic E-state index is 13.8. The minimum Gasteiger partial charge on any atom is -0.497 e. The molecule has 8 rings (SSSR count). The summed E-state index contributed by atoms with van der Waals surface area (Å²) in [5.74, 6) is -0.566. The molecule has 2 aliphatic rings. The van der Waals surface area contributed by atoms with Gasteiger partial charge in [0.05, 0.1) is 37.5 Å². The Balaban J connectivity index is 1.18. The fraction of sp³-hybridized carbons (Fsp3) is 0.213. The van der Waals surface area contributed by atoms with E-state index < -0.39 is 59.2 Å². The number of hydrogen-bond donors (Lipinski definition) is 2. The summed E-state index contributed by atoms with van der Waals surface area (Å²) >= 11 is 0. The first kappa shape index (κ1) is 40.6. The third kappa shape index (κ3) is 7.75. The van der Waals surface area contributed by atoms with Crippen LogP contribution in [0.25, 0.3) is 0 Å². The number of H-pyrrole nitrogens is 1. The zero-order valence-electron chi connectivity index (χ0n) is 33.1. The van der Waals surface area contributed by atoms with E-state index in [-0.39, 0.29) is 41.8 Å². The summed E-state index contributed by atoms with van der Waals surface area (Å²) in [6.45, 7) is -0.474. The van der Waals surface area contributed by atoms with Crippen LogP contribution in [0.3, 0.4) is 0 Å². The van der Waals surface area contributed by atoms with Crippen molar-refractivity contribution in [2.45, 2.75) is 36.6 Å². The van der Waals surface area contributed by atoms with Crippen molar-refractivity contribution in [2.24, 2.45) is 0 Å². The third-order valence-corrected chi connectivity index (χ3v) is 11.0. The van der Waals surface area contributed by atoms with Gasteiger partial charge in [0.2, 0.25) is 0 Å². The maximum Gasteiger partial charge on any atom is 0.338 e. The van der Waals surface area contributed by atoms with Gasteiger partial charge in [0.25, 0.3) is 17.4 Å². The van der Waals surface area contributed by atoms with E-state index in [4.69, 9.17) is 23.7 Å². The van der Waals surface area contributed by atoms with E-state index in [0.29, 0.717) is 28.2 Å². The zero-order valence-corrected chi connectivity index (χ0v) is 33.1. The molecular formula is C47H41N3O11. The Morgan fingerprint density at radius 3 is 1.82 bits per heavy atom. The van der Waals surface area contributed by atoms with Crippen molar-refractivity contribution in [2.75, 3.05) is 27.4 Å². The van der Waals surface area contributed by atoms with Gasteiger partial charge in [-0.3, -0.25) is 28.8 Å². The molecule has 2 aliphatic heterocycles. The van der Waals surface area contributed by atoms with E-state index in [1.54, 1.807) is 93.1 Å². The van der Waals surface area contributed by atoms with Crippen molar-refractivity contribution in [3.05, 3.63) is 199 Å². The van der Waals surface area contributed by atoms with E-state index in [1.807, 2.05) is 54.6 Å². The van der Waals surface area contributed by atoms with Crippen LogP contribution in [0.1, 0.15) is 59.6 Å². The number of methoxy groups -OCH3 is 2. The SMILES string of the molecule is COc1ccc(C(O[C@@H]2COC(n3cc(CCN4C(=O)c5ccccc5C4=O)c(=O)[nH]c3=O)[C@H](O)[C@@H]2OC(=O)c2ccccc2)(c2ccccc2)c2ccc(OC)cc2)cc1. The Hall–Kier alpha value is -7.13. The van der Waals surface area contributed by atoms with Crippen molar-refractivity contribution in [1.29, 1.82) is 0 Å². The van der Waals surface area contributed by atoms with Crippen molar-refractivity contribution in [3.8, 4) is 11.5 Å². The van der Waals surface area contributed by atoms with Crippen LogP contribution in [-0.4, -0.2) is 83.0 Å². The first-order valence-electron chi connectivity index (χ1n) is 19.5. The van der Waals surface area contributed by atoms with Crippen LogP contribution in [0.2, 0.25) is 0 Å². The summed E-state index contributed by atoms with van der Waals surface area (Å²) in [7, 11) is 3.13. The second-order valence-corrected chi connectivity index (χ2v) is 14.5. The molecule has 61 heavy (non-hydrogen) atoms. The standard InChI is InChI=1S/C47H41N3O11/c1-57-34-21-17-32(18-22-34)47(31-13-7-4-8-14-31,33-19-23-35(58-2)24-20-33)61-38-28-59-44(39(51)40(38)60-45(55)29-11-5-3-6-12-29)50-27-30(41(52)48-46(50)56)25-26-49-42(53)36-15-9-10-16-37(36)43(49)54/h3-24,27,38-40,44,51H,25-26,28H2,1-2H3,(H,48,52,56)/t38-,39-,40-,44?/m1/s1. The molecule has 5 aromatic carbocycles. The molecule has 310 valence electrons. The van der Waals surface area contributed by atoms with Crippen LogP contribution in [-0.2, 0) is 26.2 Å². The number of aromatic nitrogens is 2. The lowest BCUT2D eigenvalue weighted by Gasteiger charge is -2.45. The van der Waals surface area contributed by atoms with Gasteiger partial charge in [0.1, 0.15) is 29.3 Å². The van der Waals surface area contributed by atoms with E-state index in [2.05, 4.69) is 4.98 Å². The van der Waals surface area contributed by atoms with Crippen LogP contribution >= 0.6 is 0 Å². The molecule has 0 aliphatic carbocycles. The largest absolute Gasteiger partial charge is 0.497 e. The molecule has 6 aromatic rings.